The largest absolute Gasteiger partial charge is 0.350 e. The molecule has 0 radical (unpaired) electrons. The number of nitrogens with one attached hydrogen (secondary N) is 1. The highest BCUT2D eigenvalue weighted by atomic mass is 32.1. The molecule has 0 saturated heterocycles. The first kappa shape index (κ1) is 15.1. The van der Waals surface area contributed by atoms with Gasteiger partial charge in [-0.05, 0) is 25.2 Å². The summed E-state index contributed by atoms with van der Waals surface area (Å²) >= 11 is 1.30. The second-order valence-electron chi connectivity index (χ2n) is 5.63. The minimum Gasteiger partial charge on any atom is -0.296 e. The zero-order valence-electron chi connectivity index (χ0n) is 12.1. The molecule has 1 N–H and O–H groups in total. The van der Waals surface area contributed by atoms with Crippen molar-refractivity contribution in [1.29, 1.82) is 0 Å². The number of benzene rings is 1. The quantitative estimate of drug-likeness (QED) is 0.928. The van der Waals surface area contributed by atoms with Crippen LogP contribution in [-0.2, 0) is 23.6 Å². The fourth-order valence-electron chi connectivity index (χ4n) is 2.55. The summed E-state index contributed by atoms with van der Waals surface area (Å²) in [4.78, 5) is 17.3. The molecule has 22 heavy (non-hydrogen) atoms. The Morgan fingerprint density at radius 3 is 2.82 bits per heavy atom. The molecule has 3 nitrogen and oxygen atoms in total. The van der Waals surface area contributed by atoms with Crippen molar-refractivity contribution in [3.8, 4) is 0 Å². The lowest BCUT2D eigenvalue weighted by atomic mass is 9.93. The first-order chi connectivity index (χ1) is 10.5. The van der Waals surface area contributed by atoms with Gasteiger partial charge in [0, 0.05) is 10.4 Å². The molecule has 1 heterocycles. The topological polar surface area (TPSA) is 42.0 Å². The van der Waals surface area contributed by atoms with Crippen molar-refractivity contribution in [2.24, 2.45) is 5.92 Å². The molecule has 2 aromatic rings. The van der Waals surface area contributed by atoms with Crippen LogP contribution in [0.4, 0.5) is 13.9 Å². The van der Waals surface area contributed by atoms with E-state index in [1.54, 1.807) is 6.07 Å². The number of fused-ring (bicyclic) bond motifs is 1. The smallest absolute Gasteiger partial charge is 0.296 e. The Morgan fingerprint density at radius 2 is 2.09 bits per heavy atom. The summed E-state index contributed by atoms with van der Waals surface area (Å²) in [7, 11) is 0. The maximum Gasteiger partial charge on any atom is 0.350 e. The predicted molar refractivity (Wildman–Crippen MR) is 82.3 cm³/mol. The van der Waals surface area contributed by atoms with Crippen LogP contribution in [0.15, 0.2) is 30.3 Å². The minimum atomic E-state index is -3.57. The van der Waals surface area contributed by atoms with Crippen LogP contribution in [0.2, 0.25) is 0 Å². The summed E-state index contributed by atoms with van der Waals surface area (Å²) < 4.78 is 28.3. The maximum atomic E-state index is 14.1. The number of halogens is 2. The number of carbonyl (C=O) groups excluding carboxylic acids is 1. The summed E-state index contributed by atoms with van der Waals surface area (Å²) in [6.45, 7) is 2.16. The van der Waals surface area contributed by atoms with Gasteiger partial charge in [-0.15, -0.1) is 11.3 Å². The van der Waals surface area contributed by atoms with E-state index in [-0.39, 0.29) is 10.7 Å². The van der Waals surface area contributed by atoms with E-state index in [1.807, 2.05) is 0 Å². The van der Waals surface area contributed by atoms with E-state index in [9.17, 15) is 13.6 Å². The number of hydrogen-bond donors (Lipinski definition) is 1. The highest BCUT2D eigenvalue weighted by Crippen LogP contribution is 2.34. The monoisotopic (exact) mass is 322 g/mol. The molecule has 1 atom stereocenters. The molecule has 0 fully saturated rings. The van der Waals surface area contributed by atoms with Crippen LogP contribution in [0.25, 0.3) is 0 Å². The van der Waals surface area contributed by atoms with E-state index in [4.69, 9.17) is 0 Å². The molecule has 1 unspecified atom stereocenters. The molecular formula is C16H16F2N2OS. The number of aromatic nitrogens is 1. The Bertz CT molecular complexity index is 685. The van der Waals surface area contributed by atoms with Crippen LogP contribution >= 0.6 is 11.3 Å². The van der Waals surface area contributed by atoms with E-state index < -0.39 is 11.8 Å². The van der Waals surface area contributed by atoms with Gasteiger partial charge >= 0.3 is 11.8 Å². The molecule has 1 amide bonds. The summed E-state index contributed by atoms with van der Waals surface area (Å²) in [6.07, 6.45) is 2.79. The van der Waals surface area contributed by atoms with Crippen LogP contribution in [0, 0.1) is 5.92 Å². The van der Waals surface area contributed by atoms with Crippen molar-refractivity contribution in [1.82, 2.24) is 4.98 Å². The Hall–Kier alpha value is -1.82. The summed E-state index contributed by atoms with van der Waals surface area (Å²) in [5.74, 6) is -4.33. The maximum absolute atomic E-state index is 14.1. The van der Waals surface area contributed by atoms with Gasteiger partial charge in [0.1, 0.15) is 0 Å². The van der Waals surface area contributed by atoms with Gasteiger partial charge in [0.15, 0.2) is 5.13 Å². The molecule has 3 rings (SSSR count). The van der Waals surface area contributed by atoms with Crippen LogP contribution < -0.4 is 5.32 Å². The predicted octanol–water partition coefficient (Wildman–Crippen LogP) is 4.00. The highest BCUT2D eigenvalue weighted by Gasteiger charge is 2.41. The van der Waals surface area contributed by atoms with Crippen molar-refractivity contribution < 1.29 is 13.6 Å². The molecule has 0 saturated carbocycles. The van der Waals surface area contributed by atoms with Gasteiger partial charge in [-0.3, -0.25) is 10.1 Å². The Balaban J connectivity index is 1.77. The molecule has 1 aromatic heterocycles. The average Bonchev–Trinajstić information content (AvgIpc) is 2.89. The van der Waals surface area contributed by atoms with Crippen LogP contribution in [0.3, 0.4) is 0 Å². The third-order valence-electron chi connectivity index (χ3n) is 3.83. The lowest BCUT2D eigenvalue weighted by Gasteiger charge is -2.15. The SMILES string of the molecule is CC1CCc2nc(NC(=O)C(F)(F)c3ccccc3)sc2C1. The van der Waals surface area contributed by atoms with Crippen molar-refractivity contribution in [2.75, 3.05) is 5.32 Å². The van der Waals surface area contributed by atoms with Crippen molar-refractivity contribution in [3.63, 3.8) is 0 Å². The van der Waals surface area contributed by atoms with Crippen LogP contribution in [0.1, 0.15) is 29.5 Å². The molecule has 1 aliphatic rings. The zero-order valence-corrected chi connectivity index (χ0v) is 12.9. The number of alkyl halides is 2. The molecule has 0 spiro atoms. The average molecular weight is 322 g/mol. The molecule has 116 valence electrons. The van der Waals surface area contributed by atoms with E-state index in [1.165, 1.54) is 35.6 Å². The highest BCUT2D eigenvalue weighted by molar-refractivity contribution is 7.15. The summed E-state index contributed by atoms with van der Waals surface area (Å²) in [6, 6.07) is 7.09. The first-order valence-corrected chi connectivity index (χ1v) is 8.02. The van der Waals surface area contributed by atoms with E-state index in [0.29, 0.717) is 5.92 Å². The van der Waals surface area contributed by atoms with Gasteiger partial charge in [-0.1, -0.05) is 37.3 Å². The second-order valence-corrected chi connectivity index (χ2v) is 6.72. The first-order valence-electron chi connectivity index (χ1n) is 7.20. The summed E-state index contributed by atoms with van der Waals surface area (Å²) in [5.41, 5.74) is 0.615. The molecule has 1 aliphatic carbocycles. The number of rotatable bonds is 3. The van der Waals surface area contributed by atoms with Crippen LogP contribution in [-0.4, -0.2) is 10.9 Å². The number of carbonyl (C=O) groups is 1. The number of nitrogens with zero attached hydrogens (tertiary/aromatic N) is 1. The molecule has 6 heteroatoms. The lowest BCUT2D eigenvalue weighted by molar-refractivity contribution is -0.140. The Labute approximate surface area is 131 Å². The molecule has 1 aromatic carbocycles. The minimum absolute atomic E-state index is 0.264. The number of anilines is 1. The third-order valence-corrected chi connectivity index (χ3v) is 4.86. The van der Waals surface area contributed by atoms with Crippen molar-refractivity contribution in [3.05, 3.63) is 46.5 Å². The van der Waals surface area contributed by atoms with E-state index in [2.05, 4.69) is 17.2 Å². The Morgan fingerprint density at radius 1 is 1.36 bits per heavy atom. The standard InChI is InChI=1S/C16H16F2N2OS/c1-10-7-8-12-13(9-10)22-15(19-12)20-14(21)16(17,18)11-5-3-2-4-6-11/h2-6,10H,7-9H2,1H3,(H,19,20,21). The van der Waals surface area contributed by atoms with Gasteiger partial charge in [-0.2, -0.15) is 8.78 Å². The summed E-state index contributed by atoms with van der Waals surface area (Å²) in [5, 5.41) is 2.53. The third kappa shape index (κ3) is 2.88. The molecule has 0 bridgehead atoms. The van der Waals surface area contributed by atoms with Crippen molar-refractivity contribution in [2.45, 2.75) is 32.1 Å². The normalized spacial score (nSPS) is 17.9. The lowest BCUT2D eigenvalue weighted by Crippen LogP contribution is -2.32. The zero-order chi connectivity index (χ0) is 15.7. The van der Waals surface area contributed by atoms with E-state index in [0.717, 1.165) is 29.8 Å². The van der Waals surface area contributed by atoms with Gasteiger partial charge in [0.25, 0.3) is 0 Å². The number of hydrogen-bond acceptors (Lipinski definition) is 3. The van der Waals surface area contributed by atoms with Gasteiger partial charge < -0.3 is 0 Å². The van der Waals surface area contributed by atoms with E-state index >= 15 is 0 Å². The number of amides is 1. The Kier molecular flexibility index (Phi) is 3.95. The fraction of sp³-hybridized carbons (Fsp3) is 0.375. The van der Waals surface area contributed by atoms with Gasteiger partial charge in [0.05, 0.1) is 5.69 Å². The number of aryl methyl sites for hydroxylation is 1. The van der Waals surface area contributed by atoms with Crippen molar-refractivity contribution >= 4 is 22.4 Å². The van der Waals surface area contributed by atoms with Crippen LogP contribution in [0.5, 0.6) is 0 Å². The number of thiazole rings is 1. The second kappa shape index (κ2) is 5.76. The fourth-order valence-corrected chi connectivity index (χ4v) is 3.71. The molecular weight excluding hydrogens is 306 g/mol. The van der Waals surface area contributed by atoms with Gasteiger partial charge in [0.2, 0.25) is 0 Å². The molecule has 0 aliphatic heterocycles. The van der Waals surface area contributed by atoms with Gasteiger partial charge in [-0.25, -0.2) is 4.98 Å².